The summed E-state index contributed by atoms with van der Waals surface area (Å²) < 4.78 is 6.92. The number of nitrogens with one attached hydrogen (secondary N) is 1. The number of fused-ring (bicyclic) bond motifs is 1. The summed E-state index contributed by atoms with van der Waals surface area (Å²) in [6, 6.07) is 16.1. The van der Waals surface area contributed by atoms with Crippen LogP contribution in [0.3, 0.4) is 0 Å². The number of aromatic amines is 1. The molecule has 0 aliphatic rings. The van der Waals surface area contributed by atoms with Crippen LogP contribution >= 0.6 is 15.9 Å². The van der Waals surface area contributed by atoms with Crippen LogP contribution in [0.1, 0.15) is 11.1 Å². The Bertz CT molecular complexity index is 803. The number of H-pyrrole nitrogens is 1. The number of nitrogens with zero attached hydrogens (tertiary/aromatic N) is 1. The van der Waals surface area contributed by atoms with Crippen molar-refractivity contribution in [3.63, 3.8) is 0 Å². The smallest absolute Gasteiger partial charge is 0.129 e. The van der Waals surface area contributed by atoms with Crippen LogP contribution in [0.25, 0.3) is 10.9 Å². The Hall–Kier alpha value is -2.25. The summed E-state index contributed by atoms with van der Waals surface area (Å²) in [6.45, 7) is 0.509. The van der Waals surface area contributed by atoms with E-state index in [2.05, 4.69) is 27.0 Å². The zero-order valence-corrected chi connectivity index (χ0v) is 12.9. The molecular formula is C17H13BrN2O. The topological polar surface area (TPSA) is 48.8 Å². The van der Waals surface area contributed by atoms with Crippen LogP contribution in [-0.4, -0.2) is 4.98 Å². The Labute approximate surface area is 131 Å². The number of hydrogen-bond donors (Lipinski definition) is 1. The maximum atomic E-state index is 8.95. The van der Waals surface area contributed by atoms with Gasteiger partial charge in [-0.3, -0.25) is 0 Å². The molecule has 4 heteroatoms. The molecule has 0 unspecified atom stereocenters. The van der Waals surface area contributed by atoms with E-state index in [4.69, 9.17) is 10.00 Å². The minimum absolute atomic E-state index is 0.359. The first-order valence-corrected chi connectivity index (χ1v) is 7.41. The van der Waals surface area contributed by atoms with Gasteiger partial charge in [-0.15, -0.1) is 0 Å². The van der Waals surface area contributed by atoms with Crippen molar-refractivity contribution >= 4 is 26.8 Å². The maximum Gasteiger partial charge on any atom is 0.129 e. The molecular weight excluding hydrogens is 328 g/mol. The second kappa shape index (κ2) is 6.02. The zero-order chi connectivity index (χ0) is 14.7. The van der Waals surface area contributed by atoms with E-state index in [1.807, 2.05) is 48.7 Å². The molecule has 21 heavy (non-hydrogen) atoms. The number of halogens is 1. The molecule has 0 fully saturated rings. The van der Waals surface area contributed by atoms with Crippen LogP contribution in [-0.2, 0) is 13.0 Å². The molecule has 2 aromatic carbocycles. The van der Waals surface area contributed by atoms with Gasteiger partial charge in [0.1, 0.15) is 12.4 Å². The molecule has 3 rings (SSSR count). The van der Waals surface area contributed by atoms with E-state index in [9.17, 15) is 0 Å². The summed E-state index contributed by atoms with van der Waals surface area (Å²) in [5.41, 5.74) is 3.04. The average molecular weight is 341 g/mol. The molecule has 3 nitrogen and oxygen atoms in total. The van der Waals surface area contributed by atoms with E-state index in [0.29, 0.717) is 13.0 Å². The van der Waals surface area contributed by atoms with E-state index >= 15 is 0 Å². The first-order chi connectivity index (χ1) is 10.3. The first kappa shape index (κ1) is 13.7. The minimum atomic E-state index is 0.359. The third-order valence-electron chi connectivity index (χ3n) is 3.33. The Balaban J connectivity index is 1.96. The molecule has 3 aromatic rings. The largest absolute Gasteiger partial charge is 0.488 e. The maximum absolute atomic E-state index is 8.95. The van der Waals surface area contributed by atoms with Gasteiger partial charge in [0, 0.05) is 16.1 Å². The van der Waals surface area contributed by atoms with Crippen molar-refractivity contribution < 1.29 is 4.74 Å². The van der Waals surface area contributed by atoms with Crippen molar-refractivity contribution in [1.82, 2.24) is 4.98 Å². The third-order valence-corrected chi connectivity index (χ3v) is 4.00. The van der Waals surface area contributed by atoms with E-state index in [0.717, 1.165) is 32.3 Å². The lowest BCUT2D eigenvalue weighted by Gasteiger charge is -2.09. The first-order valence-electron chi connectivity index (χ1n) is 6.61. The zero-order valence-electron chi connectivity index (χ0n) is 11.3. The summed E-state index contributed by atoms with van der Waals surface area (Å²) in [7, 11) is 0. The number of hydrogen-bond acceptors (Lipinski definition) is 2. The molecule has 1 heterocycles. The standard InChI is InChI=1S/C17H13BrN2O/c18-14-6-7-15(21-11-12-4-2-1-3-5-12)16-13(8-9-19)10-20-17(14)16/h1-7,10,20H,8,11H2. The Morgan fingerprint density at radius 2 is 1.95 bits per heavy atom. The fourth-order valence-electron chi connectivity index (χ4n) is 2.33. The molecule has 0 bridgehead atoms. The molecule has 0 saturated heterocycles. The highest BCUT2D eigenvalue weighted by Gasteiger charge is 2.12. The lowest BCUT2D eigenvalue weighted by atomic mass is 10.1. The minimum Gasteiger partial charge on any atom is -0.488 e. The average Bonchev–Trinajstić information content (AvgIpc) is 2.93. The number of benzene rings is 2. The van der Waals surface area contributed by atoms with Gasteiger partial charge in [0.2, 0.25) is 0 Å². The second-order valence-corrected chi connectivity index (χ2v) is 5.57. The summed E-state index contributed by atoms with van der Waals surface area (Å²) in [5, 5.41) is 9.92. The fraction of sp³-hybridized carbons (Fsp3) is 0.118. The highest BCUT2D eigenvalue weighted by molar-refractivity contribution is 9.10. The third kappa shape index (κ3) is 2.79. The van der Waals surface area contributed by atoms with Gasteiger partial charge < -0.3 is 9.72 Å². The number of aromatic nitrogens is 1. The summed E-state index contributed by atoms with van der Waals surface area (Å²) in [5.74, 6) is 0.795. The van der Waals surface area contributed by atoms with Crippen LogP contribution < -0.4 is 4.74 Å². The van der Waals surface area contributed by atoms with E-state index < -0.39 is 0 Å². The second-order valence-electron chi connectivity index (χ2n) is 4.72. The van der Waals surface area contributed by atoms with Gasteiger partial charge in [-0.1, -0.05) is 30.3 Å². The predicted molar refractivity (Wildman–Crippen MR) is 86.1 cm³/mol. The molecule has 1 N–H and O–H groups in total. The Morgan fingerprint density at radius 1 is 1.14 bits per heavy atom. The molecule has 104 valence electrons. The van der Waals surface area contributed by atoms with Gasteiger partial charge in [0.05, 0.1) is 18.0 Å². The van der Waals surface area contributed by atoms with Crippen LogP contribution in [0.4, 0.5) is 0 Å². The summed E-state index contributed by atoms with van der Waals surface area (Å²) >= 11 is 3.52. The van der Waals surface area contributed by atoms with Gasteiger partial charge in [-0.25, -0.2) is 0 Å². The van der Waals surface area contributed by atoms with E-state index in [1.165, 1.54) is 0 Å². The predicted octanol–water partition coefficient (Wildman–Crippen LogP) is 4.58. The number of rotatable bonds is 4. The lowest BCUT2D eigenvalue weighted by Crippen LogP contribution is -1.96. The van der Waals surface area contributed by atoms with Crippen LogP contribution in [0.2, 0.25) is 0 Å². The number of nitriles is 1. The molecule has 0 atom stereocenters. The van der Waals surface area contributed by atoms with Gasteiger partial charge in [-0.05, 0) is 39.2 Å². The SMILES string of the molecule is N#CCc1c[nH]c2c(Br)ccc(OCc3ccccc3)c12. The molecule has 1 aromatic heterocycles. The molecule has 0 radical (unpaired) electrons. The number of ether oxygens (including phenoxy) is 1. The van der Waals surface area contributed by atoms with Gasteiger partial charge in [-0.2, -0.15) is 5.26 Å². The molecule has 0 saturated carbocycles. The Kier molecular flexibility index (Phi) is 3.94. The summed E-state index contributed by atoms with van der Waals surface area (Å²) in [6.07, 6.45) is 2.23. The monoisotopic (exact) mass is 340 g/mol. The van der Waals surface area contributed by atoms with E-state index in [-0.39, 0.29) is 0 Å². The van der Waals surface area contributed by atoms with Crippen LogP contribution in [0.5, 0.6) is 5.75 Å². The van der Waals surface area contributed by atoms with Crippen LogP contribution in [0.15, 0.2) is 53.1 Å². The van der Waals surface area contributed by atoms with Crippen molar-refractivity contribution in [3.05, 3.63) is 64.3 Å². The van der Waals surface area contributed by atoms with Gasteiger partial charge in [0.15, 0.2) is 0 Å². The highest BCUT2D eigenvalue weighted by Crippen LogP contribution is 2.34. The quantitative estimate of drug-likeness (QED) is 0.755. The fourth-order valence-corrected chi connectivity index (χ4v) is 2.77. The van der Waals surface area contributed by atoms with Crippen molar-refractivity contribution in [3.8, 4) is 11.8 Å². The van der Waals surface area contributed by atoms with E-state index in [1.54, 1.807) is 0 Å². The van der Waals surface area contributed by atoms with Crippen molar-refractivity contribution in [2.75, 3.05) is 0 Å². The van der Waals surface area contributed by atoms with Crippen molar-refractivity contribution in [2.24, 2.45) is 0 Å². The van der Waals surface area contributed by atoms with Gasteiger partial charge >= 0.3 is 0 Å². The normalized spacial score (nSPS) is 10.5. The molecule has 0 aliphatic heterocycles. The highest BCUT2D eigenvalue weighted by atomic mass is 79.9. The summed E-state index contributed by atoms with van der Waals surface area (Å²) in [4.78, 5) is 3.20. The molecule has 0 aliphatic carbocycles. The van der Waals surface area contributed by atoms with Crippen LogP contribution in [0, 0.1) is 11.3 Å². The Morgan fingerprint density at radius 3 is 2.71 bits per heavy atom. The van der Waals surface area contributed by atoms with Crippen molar-refractivity contribution in [1.29, 1.82) is 5.26 Å². The lowest BCUT2D eigenvalue weighted by molar-refractivity contribution is 0.310. The van der Waals surface area contributed by atoms with Gasteiger partial charge in [0.25, 0.3) is 0 Å². The van der Waals surface area contributed by atoms with Crippen molar-refractivity contribution in [2.45, 2.75) is 13.0 Å². The molecule has 0 spiro atoms. The molecule has 0 amide bonds.